The summed E-state index contributed by atoms with van der Waals surface area (Å²) in [5.74, 6) is 1.02. The molecule has 0 aliphatic heterocycles. The van der Waals surface area contributed by atoms with Gasteiger partial charge >= 0.3 is 0 Å². The van der Waals surface area contributed by atoms with Crippen LogP contribution < -0.4 is 5.73 Å². The Kier molecular flexibility index (Phi) is 2.32. The van der Waals surface area contributed by atoms with Crippen LogP contribution in [0, 0.1) is 11.7 Å². The van der Waals surface area contributed by atoms with Gasteiger partial charge in [-0.05, 0) is 48.9 Å². The number of rotatable bonds is 3. The average Bonchev–Trinajstić information content (AvgIpc) is 2.93. The molecule has 1 atom stereocenters. The Morgan fingerprint density at radius 2 is 1.92 bits per heavy atom. The van der Waals surface area contributed by atoms with Crippen LogP contribution in [0.2, 0.25) is 0 Å². The van der Waals surface area contributed by atoms with E-state index in [0.29, 0.717) is 12.5 Å². The van der Waals surface area contributed by atoms with Crippen molar-refractivity contribution in [2.75, 3.05) is 6.54 Å². The zero-order valence-electron chi connectivity index (χ0n) is 7.54. The lowest BCUT2D eigenvalue weighted by molar-refractivity contribution is 0.604. The van der Waals surface area contributed by atoms with E-state index in [-0.39, 0.29) is 5.82 Å². The molecule has 0 saturated heterocycles. The van der Waals surface area contributed by atoms with Crippen molar-refractivity contribution < 1.29 is 4.39 Å². The fraction of sp³-hybridized carbons (Fsp3) is 0.455. The van der Waals surface area contributed by atoms with Gasteiger partial charge in [-0.1, -0.05) is 12.1 Å². The number of hydrogen-bond acceptors (Lipinski definition) is 1. The molecule has 1 aromatic carbocycles. The maximum atomic E-state index is 12.6. The molecule has 0 amide bonds. The van der Waals surface area contributed by atoms with Crippen LogP contribution in [0.25, 0.3) is 0 Å². The highest BCUT2D eigenvalue weighted by molar-refractivity contribution is 5.22. The summed E-state index contributed by atoms with van der Waals surface area (Å²) >= 11 is 0. The molecule has 1 aliphatic rings. The molecule has 1 saturated carbocycles. The molecular formula is C11H14FN. The lowest BCUT2D eigenvalue weighted by Crippen LogP contribution is -2.14. The second-order valence-electron chi connectivity index (χ2n) is 3.73. The highest BCUT2D eigenvalue weighted by atomic mass is 19.1. The summed E-state index contributed by atoms with van der Waals surface area (Å²) in [7, 11) is 0. The third-order valence-electron chi connectivity index (χ3n) is 2.74. The predicted molar refractivity (Wildman–Crippen MR) is 50.9 cm³/mol. The van der Waals surface area contributed by atoms with Gasteiger partial charge in [-0.2, -0.15) is 0 Å². The van der Waals surface area contributed by atoms with Gasteiger partial charge in [0.25, 0.3) is 0 Å². The van der Waals surface area contributed by atoms with E-state index < -0.39 is 0 Å². The van der Waals surface area contributed by atoms with Gasteiger partial charge in [-0.15, -0.1) is 0 Å². The molecule has 0 bridgehead atoms. The van der Waals surface area contributed by atoms with E-state index in [2.05, 4.69) is 0 Å². The van der Waals surface area contributed by atoms with Crippen molar-refractivity contribution in [3.63, 3.8) is 0 Å². The molecule has 2 N–H and O–H groups in total. The monoisotopic (exact) mass is 179 g/mol. The van der Waals surface area contributed by atoms with E-state index >= 15 is 0 Å². The quantitative estimate of drug-likeness (QED) is 0.756. The van der Waals surface area contributed by atoms with Crippen LogP contribution in [0.4, 0.5) is 4.39 Å². The van der Waals surface area contributed by atoms with Crippen molar-refractivity contribution in [1.82, 2.24) is 0 Å². The molecule has 13 heavy (non-hydrogen) atoms. The predicted octanol–water partition coefficient (Wildman–Crippen LogP) is 2.28. The molecule has 70 valence electrons. The Bertz CT molecular complexity index is 277. The minimum absolute atomic E-state index is 0.171. The minimum Gasteiger partial charge on any atom is -0.330 e. The van der Waals surface area contributed by atoms with E-state index in [9.17, 15) is 4.39 Å². The Labute approximate surface area is 77.8 Å². The third-order valence-corrected chi connectivity index (χ3v) is 2.74. The number of halogens is 1. The summed E-state index contributed by atoms with van der Waals surface area (Å²) in [5.41, 5.74) is 6.88. The van der Waals surface area contributed by atoms with Crippen LogP contribution in [0.5, 0.6) is 0 Å². The zero-order valence-corrected chi connectivity index (χ0v) is 7.54. The molecule has 2 rings (SSSR count). The molecular weight excluding hydrogens is 165 g/mol. The van der Waals surface area contributed by atoms with Crippen LogP contribution in [0.1, 0.15) is 24.3 Å². The molecule has 0 heterocycles. The van der Waals surface area contributed by atoms with Crippen molar-refractivity contribution in [3.8, 4) is 0 Å². The SMILES string of the molecule is NCC(c1ccc(F)cc1)C1CC1. The van der Waals surface area contributed by atoms with E-state index in [1.807, 2.05) is 12.1 Å². The van der Waals surface area contributed by atoms with Gasteiger partial charge in [0, 0.05) is 0 Å². The van der Waals surface area contributed by atoms with Gasteiger partial charge in [0.05, 0.1) is 0 Å². The Hall–Kier alpha value is -0.890. The number of hydrogen-bond donors (Lipinski definition) is 1. The van der Waals surface area contributed by atoms with Crippen molar-refractivity contribution in [3.05, 3.63) is 35.6 Å². The van der Waals surface area contributed by atoms with Gasteiger partial charge in [-0.3, -0.25) is 0 Å². The number of nitrogens with two attached hydrogens (primary N) is 1. The highest BCUT2D eigenvalue weighted by Crippen LogP contribution is 2.41. The molecule has 1 aliphatic carbocycles. The summed E-state index contributed by atoms with van der Waals surface area (Å²) in [5, 5.41) is 0. The largest absolute Gasteiger partial charge is 0.330 e. The Balaban J connectivity index is 2.17. The second kappa shape index (κ2) is 3.46. The first-order chi connectivity index (χ1) is 6.31. The third kappa shape index (κ3) is 1.89. The molecule has 0 spiro atoms. The van der Waals surface area contributed by atoms with Crippen molar-refractivity contribution >= 4 is 0 Å². The van der Waals surface area contributed by atoms with Crippen molar-refractivity contribution in [1.29, 1.82) is 0 Å². The van der Waals surface area contributed by atoms with E-state index in [1.165, 1.54) is 30.5 Å². The van der Waals surface area contributed by atoms with Gasteiger partial charge in [0.1, 0.15) is 5.82 Å². The molecule has 0 aromatic heterocycles. The van der Waals surface area contributed by atoms with Crippen molar-refractivity contribution in [2.24, 2.45) is 11.7 Å². The summed E-state index contributed by atoms with van der Waals surface area (Å²) < 4.78 is 12.6. The first-order valence-electron chi connectivity index (χ1n) is 4.77. The smallest absolute Gasteiger partial charge is 0.123 e. The number of benzene rings is 1. The standard InChI is InChI=1S/C11H14FN/c12-10-5-3-9(4-6-10)11(7-13)8-1-2-8/h3-6,8,11H,1-2,7,13H2. The summed E-state index contributed by atoms with van der Waals surface area (Å²) in [6.45, 7) is 0.677. The summed E-state index contributed by atoms with van der Waals surface area (Å²) in [6, 6.07) is 6.73. The van der Waals surface area contributed by atoms with Crippen LogP contribution >= 0.6 is 0 Å². The fourth-order valence-corrected chi connectivity index (χ4v) is 1.81. The minimum atomic E-state index is -0.171. The molecule has 1 fully saturated rings. The molecule has 1 nitrogen and oxygen atoms in total. The van der Waals surface area contributed by atoms with Crippen LogP contribution in [-0.2, 0) is 0 Å². The van der Waals surface area contributed by atoms with Crippen LogP contribution in [0.15, 0.2) is 24.3 Å². The highest BCUT2D eigenvalue weighted by Gasteiger charge is 2.30. The van der Waals surface area contributed by atoms with Gasteiger partial charge in [0.15, 0.2) is 0 Å². The fourth-order valence-electron chi connectivity index (χ4n) is 1.81. The maximum absolute atomic E-state index is 12.6. The Morgan fingerprint density at radius 3 is 2.38 bits per heavy atom. The first kappa shape index (κ1) is 8.70. The summed E-state index contributed by atoms with van der Waals surface area (Å²) in [6.07, 6.45) is 2.55. The van der Waals surface area contributed by atoms with E-state index in [0.717, 1.165) is 5.92 Å². The van der Waals surface area contributed by atoms with Gasteiger partial charge < -0.3 is 5.73 Å². The first-order valence-corrected chi connectivity index (χ1v) is 4.77. The normalized spacial score (nSPS) is 18.6. The zero-order chi connectivity index (χ0) is 9.26. The molecule has 1 aromatic rings. The van der Waals surface area contributed by atoms with Crippen LogP contribution in [0.3, 0.4) is 0 Å². The molecule has 2 heteroatoms. The van der Waals surface area contributed by atoms with Gasteiger partial charge in [0.2, 0.25) is 0 Å². The lowest BCUT2D eigenvalue weighted by Gasteiger charge is -2.13. The molecule has 0 radical (unpaired) electrons. The van der Waals surface area contributed by atoms with E-state index in [1.54, 1.807) is 0 Å². The van der Waals surface area contributed by atoms with Crippen molar-refractivity contribution in [2.45, 2.75) is 18.8 Å². The van der Waals surface area contributed by atoms with E-state index in [4.69, 9.17) is 5.73 Å². The second-order valence-corrected chi connectivity index (χ2v) is 3.73. The average molecular weight is 179 g/mol. The van der Waals surface area contributed by atoms with Gasteiger partial charge in [-0.25, -0.2) is 4.39 Å². The maximum Gasteiger partial charge on any atom is 0.123 e. The topological polar surface area (TPSA) is 26.0 Å². The lowest BCUT2D eigenvalue weighted by atomic mass is 9.94. The Morgan fingerprint density at radius 1 is 1.31 bits per heavy atom. The van der Waals surface area contributed by atoms with Crippen LogP contribution in [-0.4, -0.2) is 6.54 Å². The summed E-state index contributed by atoms with van der Waals surface area (Å²) in [4.78, 5) is 0. The molecule has 1 unspecified atom stereocenters.